The summed E-state index contributed by atoms with van der Waals surface area (Å²) in [5.41, 5.74) is 2.06. The highest BCUT2D eigenvalue weighted by Gasteiger charge is 2.22. The van der Waals surface area contributed by atoms with Gasteiger partial charge in [-0.05, 0) is 23.6 Å². The topological polar surface area (TPSA) is 83.6 Å². The summed E-state index contributed by atoms with van der Waals surface area (Å²) in [4.78, 5) is 31.6. The molecular weight excluding hydrogens is 424 g/mol. The van der Waals surface area contributed by atoms with Gasteiger partial charge < -0.3 is 20.3 Å². The highest BCUT2D eigenvalue weighted by Crippen LogP contribution is 2.24. The monoisotopic (exact) mass is 452 g/mol. The molecule has 168 valence electrons. The van der Waals surface area contributed by atoms with Gasteiger partial charge in [-0.1, -0.05) is 50.2 Å². The van der Waals surface area contributed by atoms with Gasteiger partial charge in [-0.2, -0.15) is 0 Å². The van der Waals surface area contributed by atoms with Gasteiger partial charge in [0.2, 0.25) is 5.91 Å². The van der Waals surface area contributed by atoms with E-state index in [1.165, 1.54) is 16.2 Å². The van der Waals surface area contributed by atoms with Crippen LogP contribution < -0.4 is 15.4 Å². The molecule has 0 aliphatic rings. The zero-order valence-corrected chi connectivity index (χ0v) is 19.3. The van der Waals surface area contributed by atoms with Crippen molar-refractivity contribution in [2.45, 2.75) is 20.4 Å². The number of hydrogen-bond donors (Lipinski definition) is 2. The molecule has 2 N–H and O–H groups in total. The van der Waals surface area contributed by atoms with Gasteiger partial charge in [0.05, 0.1) is 7.11 Å². The third-order valence-electron chi connectivity index (χ3n) is 4.59. The summed E-state index contributed by atoms with van der Waals surface area (Å²) in [5, 5.41) is 8.36. The van der Waals surface area contributed by atoms with Gasteiger partial charge in [0.15, 0.2) is 5.13 Å². The van der Waals surface area contributed by atoms with Crippen molar-refractivity contribution in [1.29, 1.82) is 0 Å². The molecular formula is C24H28N4O3S. The number of carbonyl (C=O) groups excluding carboxylic acids is 2. The van der Waals surface area contributed by atoms with Gasteiger partial charge >= 0.3 is 0 Å². The number of rotatable bonds is 10. The Bertz CT molecular complexity index is 1040. The Morgan fingerprint density at radius 2 is 1.91 bits per heavy atom. The summed E-state index contributed by atoms with van der Waals surface area (Å²) in [6.07, 6.45) is 0. The number of benzene rings is 2. The lowest BCUT2D eigenvalue weighted by Crippen LogP contribution is -2.41. The van der Waals surface area contributed by atoms with E-state index >= 15 is 0 Å². The maximum absolute atomic E-state index is 13.2. The second-order valence-corrected chi connectivity index (χ2v) is 8.60. The van der Waals surface area contributed by atoms with Crippen LogP contribution in [-0.2, 0) is 11.3 Å². The Labute approximate surface area is 192 Å². The van der Waals surface area contributed by atoms with Crippen molar-refractivity contribution in [3.63, 3.8) is 0 Å². The molecule has 2 aromatic carbocycles. The van der Waals surface area contributed by atoms with Crippen molar-refractivity contribution >= 4 is 34.0 Å². The fraction of sp³-hybridized carbons (Fsp3) is 0.292. The fourth-order valence-corrected chi connectivity index (χ4v) is 3.67. The van der Waals surface area contributed by atoms with Crippen molar-refractivity contribution in [3.8, 4) is 5.75 Å². The Morgan fingerprint density at radius 1 is 1.12 bits per heavy atom. The van der Waals surface area contributed by atoms with Crippen LogP contribution in [0.5, 0.6) is 5.75 Å². The first-order valence-electron chi connectivity index (χ1n) is 10.4. The lowest BCUT2D eigenvalue weighted by atomic mass is 10.2. The molecule has 3 rings (SSSR count). The minimum absolute atomic E-state index is 0.0311. The molecule has 8 heteroatoms. The molecule has 0 atom stereocenters. The molecule has 32 heavy (non-hydrogen) atoms. The number of nitrogens with zero attached hydrogens (tertiary/aromatic N) is 2. The van der Waals surface area contributed by atoms with Crippen molar-refractivity contribution in [2.75, 3.05) is 25.5 Å². The number of methoxy groups -OCH3 is 1. The van der Waals surface area contributed by atoms with Crippen LogP contribution in [0.25, 0.3) is 0 Å². The lowest BCUT2D eigenvalue weighted by molar-refractivity contribution is -0.122. The van der Waals surface area contributed by atoms with E-state index in [1.807, 2.05) is 68.4 Å². The van der Waals surface area contributed by atoms with Crippen LogP contribution in [0.1, 0.15) is 29.9 Å². The first-order valence-corrected chi connectivity index (χ1v) is 11.3. The van der Waals surface area contributed by atoms with Crippen LogP contribution in [0.3, 0.4) is 0 Å². The summed E-state index contributed by atoms with van der Waals surface area (Å²) in [6.45, 7) is 4.91. The number of ether oxygens (including phenoxy) is 1. The average molecular weight is 453 g/mol. The predicted molar refractivity (Wildman–Crippen MR) is 127 cm³/mol. The highest BCUT2D eigenvalue weighted by atomic mass is 32.1. The second-order valence-electron chi connectivity index (χ2n) is 7.74. The summed E-state index contributed by atoms with van der Waals surface area (Å²) < 4.78 is 5.24. The Balaban J connectivity index is 1.73. The first kappa shape index (κ1) is 23.3. The summed E-state index contributed by atoms with van der Waals surface area (Å²) >= 11 is 1.33. The van der Waals surface area contributed by atoms with E-state index in [2.05, 4.69) is 15.6 Å². The minimum Gasteiger partial charge on any atom is -0.497 e. The van der Waals surface area contributed by atoms with Crippen LogP contribution in [0.2, 0.25) is 0 Å². The number of thiazole rings is 1. The van der Waals surface area contributed by atoms with E-state index in [1.54, 1.807) is 12.5 Å². The second kappa shape index (κ2) is 11.3. The Morgan fingerprint density at radius 3 is 2.62 bits per heavy atom. The molecule has 0 fully saturated rings. The molecule has 0 unspecified atom stereocenters. The van der Waals surface area contributed by atoms with Gasteiger partial charge in [0.25, 0.3) is 5.91 Å². The summed E-state index contributed by atoms with van der Waals surface area (Å²) in [6, 6.07) is 17.1. The van der Waals surface area contributed by atoms with E-state index in [9.17, 15) is 9.59 Å². The van der Waals surface area contributed by atoms with Gasteiger partial charge in [-0.15, -0.1) is 11.3 Å². The van der Waals surface area contributed by atoms with Crippen LogP contribution in [0.4, 0.5) is 10.8 Å². The van der Waals surface area contributed by atoms with E-state index in [0.29, 0.717) is 29.8 Å². The van der Waals surface area contributed by atoms with Crippen LogP contribution in [0.15, 0.2) is 60.0 Å². The molecule has 2 amide bonds. The third kappa shape index (κ3) is 6.81. The zero-order chi connectivity index (χ0) is 22.9. The number of aromatic nitrogens is 1. The maximum Gasteiger partial charge on any atom is 0.274 e. The number of nitrogens with one attached hydrogen (secondary N) is 2. The number of hydrogen-bond acceptors (Lipinski definition) is 6. The smallest absolute Gasteiger partial charge is 0.274 e. The van der Waals surface area contributed by atoms with Crippen LogP contribution in [-0.4, -0.2) is 41.9 Å². The quantitative estimate of drug-likeness (QED) is 0.479. The largest absolute Gasteiger partial charge is 0.497 e. The molecule has 1 heterocycles. The predicted octanol–water partition coefficient (Wildman–Crippen LogP) is 4.31. The molecule has 0 bridgehead atoms. The molecule has 0 spiro atoms. The van der Waals surface area contributed by atoms with Gasteiger partial charge in [-0.3, -0.25) is 9.59 Å². The van der Waals surface area contributed by atoms with Gasteiger partial charge in [-0.25, -0.2) is 4.98 Å². The van der Waals surface area contributed by atoms with E-state index in [-0.39, 0.29) is 18.4 Å². The molecule has 3 aromatic rings. The third-order valence-corrected chi connectivity index (χ3v) is 5.35. The first-order chi connectivity index (χ1) is 15.4. The normalized spacial score (nSPS) is 10.6. The summed E-state index contributed by atoms with van der Waals surface area (Å²) in [7, 11) is 1.61. The van der Waals surface area contributed by atoms with Gasteiger partial charge in [0.1, 0.15) is 18.0 Å². The van der Waals surface area contributed by atoms with Gasteiger partial charge in [0, 0.05) is 30.2 Å². The standard InChI is InChI=1S/C24H28N4O3S/c1-17(2)13-25-22(29)15-28(14-18-8-5-4-6-9-18)23(30)21-16-32-24(27-21)26-19-10-7-11-20(12-19)31-3/h4-12,16-17H,13-15H2,1-3H3,(H,25,29)(H,26,27). The zero-order valence-electron chi connectivity index (χ0n) is 18.5. The van der Waals surface area contributed by atoms with E-state index < -0.39 is 0 Å². The van der Waals surface area contributed by atoms with E-state index in [4.69, 9.17) is 4.74 Å². The Kier molecular flexibility index (Phi) is 8.21. The molecule has 0 saturated heterocycles. The fourth-order valence-electron chi connectivity index (χ4n) is 2.97. The van der Waals surface area contributed by atoms with Crippen molar-refractivity contribution in [2.24, 2.45) is 5.92 Å². The Hall–Kier alpha value is -3.39. The average Bonchev–Trinajstić information content (AvgIpc) is 3.26. The molecule has 0 aliphatic carbocycles. The van der Waals surface area contributed by atoms with Crippen LogP contribution >= 0.6 is 11.3 Å². The lowest BCUT2D eigenvalue weighted by Gasteiger charge is -2.22. The van der Waals surface area contributed by atoms with Crippen molar-refractivity contribution in [1.82, 2.24) is 15.2 Å². The maximum atomic E-state index is 13.2. The number of amides is 2. The van der Waals surface area contributed by atoms with E-state index in [0.717, 1.165) is 17.0 Å². The molecule has 7 nitrogen and oxygen atoms in total. The number of anilines is 2. The minimum atomic E-state index is -0.288. The van der Waals surface area contributed by atoms with Crippen molar-refractivity contribution in [3.05, 3.63) is 71.2 Å². The molecule has 1 aromatic heterocycles. The highest BCUT2D eigenvalue weighted by molar-refractivity contribution is 7.14. The number of carbonyl (C=O) groups is 2. The molecule has 0 aliphatic heterocycles. The molecule has 0 radical (unpaired) electrons. The summed E-state index contributed by atoms with van der Waals surface area (Å²) in [5.74, 6) is 0.585. The van der Waals surface area contributed by atoms with Crippen molar-refractivity contribution < 1.29 is 14.3 Å². The SMILES string of the molecule is COc1cccc(Nc2nc(C(=O)N(CC(=O)NCC(C)C)Cc3ccccc3)cs2)c1. The van der Waals surface area contributed by atoms with Crippen LogP contribution in [0, 0.1) is 5.92 Å². The molecule has 0 saturated carbocycles.